The number of nitrogens with one attached hydrogen (secondary N) is 1. The highest BCUT2D eigenvalue weighted by molar-refractivity contribution is 6.50. The number of aliphatic hydroxyl groups is 1. The third-order valence-electron chi connectivity index (χ3n) is 7.04. The van der Waals surface area contributed by atoms with E-state index in [1.807, 2.05) is 77.1 Å². The highest BCUT2D eigenvalue weighted by Gasteiger charge is 2.36. The van der Waals surface area contributed by atoms with E-state index in [0.29, 0.717) is 41.7 Å². The molecule has 3 atom stereocenters. The molecule has 0 bridgehead atoms. The number of hydrogen-bond donors (Lipinski definition) is 3. The number of aryl methyl sites for hydroxylation is 1. The number of nitrogens with two attached hydrogens (primary N) is 1. The molecule has 0 spiro atoms. The van der Waals surface area contributed by atoms with E-state index in [9.17, 15) is 14.7 Å². The van der Waals surface area contributed by atoms with Crippen LogP contribution in [-0.4, -0.2) is 44.8 Å². The van der Waals surface area contributed by atoms with Crippen LogP contribution in [0.3, 0.4) is 0 Å². The number of hydrogen-bond acceptors (Lipinski definition) is 5. The van der Waals surface area contributed by atoms with E-state index < -0.39 is 24.1 Å². The van der Waals surface area contributed by atoms with Crippen LogP contribution >= 0.6 is 0 Å². The van der Waals surface area contributed by atoms with Crippen molar-refractivity contribution >= 4 is 44.8 Å². The van der Waals surface area contributed by atoms with Crippen LogP contribution in [0.25, 0.3) is 33.0 Å². The second kappa shape index (κ2) is 8.20. The minimum absolute atomic E-state index is 0.254. The number of aliphatic hydroxyl groups excluding tert-OH is 1. The number of ether oxygens (including phenoxy) is 1. The molecule has 2 aromatic heterocycles. The van der Waals surface area contributed by atoms with Crippen molar-refractivity contribution in [2.45, 2.75) is 31.3 Å². The highest BCUT2D eigenvalue weighted by atomic mass is 16.5. The zero-order valence-electron chi connectivity index (χ0n) is 19.3. The van der Waals surface area contributed by atoms with Crippen molar-refractivity contribution in [3.8, 4) is 0 Å². The second-order valence-electron chi connectivity index (χ2n) is 9.24. The fraction of sp³-hybridized carbons (Fsp3) is 0.259. The molecule has 4 heterocycles. The average molecular weight is 471 g/mol. The van der Waals surface area contributed by atoms with Crippen molar-refractivity contribution < 1.29 is 19.4 Å². The lowest BCUT2D eigenvalue weighted by Crippen LogP contribution is -2.37. The van der Waals surface area contributed by atoms with E-state index in [-0.39, 0.29) is 6.10 Å². The van der Waals surface area contributed by atoms with Crippen LogP contribution < -0.4 is 11.1 Å². The largest absolute Gasteiger partial charge is 0.393 e. The van der Waals surface area contributed by atoms with Crippen molar-refractivity contribution in [3.63, 3.8) is 0 Å². The molecular weight excluding hydrogens is 444 g/mol. The molecule has 2 amide bonds. The van der Waals surface area contributed by atoms with Crippen molar-refractivity contribution in [2.75, 3.05) is 6.54 Å². The number of nitrogens with zero attached hydrogens (tertiary/aromatic N) is 2. The number of aromatic nitrogens is 2. The molecule has 0 aliphatic carbocycles. The van der Waals surface area contributed by atoms with Gasteiger partial charge in [-0.15, -0.1) is 0 Å². The fourth-order valence-electron chi connectivity index (χ4n) is 5.45. The summed E-state index contributed by atoms with van der Waals surface area (Å²) in [6, 6.07) is 15.5. The summed E-state index contributed by atoms with van der Waals surface area (Å²) in [5, 5.41) is 14.7. The van der Waals surface area contributed by atoms with Gasteiger partial charge in [0.1, 0.15) is 6.23 Å². The SMILES string of the molecule is Cn1cc(C2=C(c3cn([C@H]4C[C@@H](O)C[C@@H](CN)O4)c4ccccc34)C(=O)NC2=O)c2ccccc21. The molecule has 0 saturated carbocycles. The predicted octanol–water partition coefficient (Wildman–Crippen LogP) is 2.70. The Balaban J connectivity index is 1.58. The first-order valence-corrected chi connectivity index (χ1v) is 11.7. The number of carbonyl (C=O) groups is 2. The third-order valence-corrected chi connectivity index (χ3v) is 7.04. The monoisotopic (exact) mass is 470 g/mol. The molecule has 2 aliphatic heterocycles. The van der Waals surface area contributed by atoms with Gasteiger partial charge in [-0.25, -0.2) is 0 Å². The first-order valence-electron chi connectivity index (χ1n) is 11.7. The predicted molar refractivity (Wildman–Crippen MR) is 133 cm³/mol. The maximum atomic E-state index is 13.2. The molecule has 4 N–H and O–H groups in total. The molecule has 2 aromatic carbocycles. The van der Waals surface area contributed by atoms with Crippen LogP contribution in [-0.2, 0) is 21.4 Å². The van der Waals surface area contributed by atoms with Gasteiger partial charge in [-0.05, 0) is 12.1 Å². The molecule has 6 rings (SSSR count). The topological polar surface area (TPSA) is 112 Å². The molecule has 0 radical (unpaired) electrons. The number of amides is 2. The van der Waals surface area contributed by atoms with Gasteiger partial charge >= 0.3 is 0 Å². The lowest BCUT2D eigenvalue weighted by Gasteiger charge is -2.33. The van der Waals surface area contributed by atoms with Gasteiger partial charge in [-0.2, -0.15) is 0 Å². The Morgan fingerprint density at radius 1 is 0.943 bits per heavy atom. The second-order valence-corrected chi connectivity index (χ2v) is 9.24. The zero-order valence-corrected chi connectivity index (χ0v) is 19.3. The molecule has 1 saturated heterocycles. The lowest BCUT2D eigenvalue weighted by atomic mass is 9.95. The van der Waals surface area contributed by atoms with Crippen molar-refractivity contribution in [1.82, 2.24) is 14.5 Å². The summed E-state index contributed by atoms with van der Waals surface area (Å²) < 4.78 is 10.1. The molecular formula is C27H26N4O4. The van der Waals surface area contributed by atoms with Crippen molar-refractivity contribution in [1.29, 1.82) is 0 Å². The van der Waals surface area contributed by atoms with Gasteiger partial charge < -0.3 is 24.7 Å². The van der Waals surface area contributed by atoms with E-state index in [0.717, 1.165) is 21.8 Å². The van der Waals surface area contributed by atoms with Crippen LogP contribution in [0.5, 0.6) is 0 Å². The Hall–Kier alpha value is -3.72. The average Bonchev–Trinajstić information content (AvgIpc) is 3.49. The van der Waals surface area contributed by atoms with Gasteiger partial charge in [0.15, 0.2) is 0 Å². The normalized spacial score (nSPS) is 23.0. The number of carbonyl (C=O) groups excluding carboxylic acids is 2. The minimum atomic E-state index is -0.534. The summed E-state index contributed by atoms with van der Waals surface area (Å²) in [6.07, 6.45) is 3.43. The van der Waals surface area contributed by atoms with Gasteiger partial charge in [0.2, 0.25) is 0 Å². The Labute approximate surface area is 201 Å². The van der Waals surface area contributed by atoms with Crippen molar-refractivity contribution in [2.24, 2.45) is 12.8 Å². The van der Waals surface area contributed by atoms with Crippen molar-refractivity contribution in [3.05, 3.63) is 72.1 Å². The maximum Gasteiger partial charge on any atom is 0.259 e. The van der Waals surface area contributed by atoms with Crippen LogP contribution in [0, 0.1) is 0 Å². The van der Waals surface area contributed by atoms with Crippen LogP contribution in [0.2, 0.25) is 0 Å². The van der Waals surface area contributed by atoms with E-state index >= 15 is 0 Å². The van der Waals surface area contributed by atoms with Gasteiger partial charge in [-0.3, -0.25) is 14.9 Å². The quantitative estimate of drug-likeness (QED) is 0.397. The standard InChI is InChI=1S/C27H26N4O4/c1-30-13-19(17-6-2-4-8-21(17)30)24-25(27(34)29-26(24)33)20-14-31(22-9-5-3-7-18(20)22)23-11-15(32)10-16(12-28)35-23/h2-9,13-16,23,32H,10-12,28H2,1H3,(H,29,33,34)/t15-,16-,23+/m0/s1. The summed E-state index contributed by atoms with van der Waals surface area (Å²) in [4.78, 5) is 26.3. The number of benzene rings is 2. The van der Waals surface area contributed by atoms with Gasteiger partial charge in [-0.1, -0.05) is 36.4 Å². The summed E-state index contributed by atoms with van der Waals surface area (Å²) in [6.45, 7) is 0.312. The smallest absolute Gasteiger partial charge is 0.259 e. The number of imide groups is 1. The van der Waals surface area contributed by atoms with Gasteiger partial charge in [0.05, 0.1) is 28.9 Å². The molecule has 8 heteroatoms. The fourth-order valence-corrected chi connectivity index (χ4v) is 5.45. The molecule has 35 heavy (non-hydrogen) atoms. The van der Waals surface area contributed by atoms with E-state index in [1.54, 1.807) is 0 Å². The number of rotatable bonds is 4. The molecule has 2 aliphatic rings. The summed E-state index contributed by atoms with van der Waals surface area (Å²) >= 11 is 0. The van der Waals surface area contributed by atoms with Crippen LogP contribution in [0.4, 0.5) is 0 Å². The van der Waals surface area contributed by atoms with Crippen LogP contribution in [0.1, 0.15) is 30.2 Å². The Morgan fingerprint density at radius 3 is 2.23 bits per heavy atom. The Morgan fingerprint density at radius 2 is 1.54 bits per heavy atom. The van der Waals surface area contributed by atoms with E-state index in [4.69, 9.17) is 10.5 Å². The maximum absolute atomic E-state index is 13.2. The van der Waals surface area contributed by atoms with E-state index in [2.05, 4.69) is 5.32 Å². The number of fused-ring (bicyclic) bond motifs is 2. The lowest BCUT2D eigenvalue weighted by molar-refractivity contribution is -0.123. The summed E-state index contributed by atoms with van der Waals surface area (Å²) in [5.74, 6) is -0.837. The minimum Gasteiger partial charge on any atom is -0.393 e. The first-order chi connectivity index (χ1) is 17.0. The van der Waals surface area contributed by atoms with Gasteiger partial charge in [0, 0.05) is 66.2 Å². The third kappa shape index (κ3) is 3.41. The molecule has 1 fully saturated rings. The van der Waals surface area contributed by atoms with Crippen LogP contribution in [0.15, 0.2) is 60.9 Å². The Bertz CT molecular complexity index is 1530. The highest BCUT2D eigenvalue weighted by Crippen LogP contribution is 2.40. The Kier molecular flexibility index (Phi) is 5.10. The number of para-hydroxylation sites is 2. The molecule has 178 valence electrons. The summed E-state index contributed by atoms with van der Waals surface area (Å²) in [7, 11) is 1.92. The molecule has 8 nitrogen and oxygen atoms in total. The molecule has 4 aromatic rings. The zero-order chi connectivity index (χ0) is 24.3. The van der Waals surface area contributed by atoms with E-state index in [1.165, 1.54) is 0 Å². The molecule has 0 unspecified atom stereocenters. The van der Waals surface area contributed by atoms with Gasteiger partial charge in [0.25, 0.3) is 11.8 Å². The summed E-state index contributed by atoms with van der Waals surface area (Å²) in [5.41, 5.74) is 9.74. The first kappa shape index (κ1) is 21.8.